The van der Waals surface area contributed by atoms with Crippen molar-refractivity contribution in [2.45, 2.75) is 13.8 Å². The van der Waals surface area contributed by atoms with E-state index in [-0.39, 0.29) is 0 Å². The lowest BCUT2D eigenvalue weighted by molar-refractivity contribution is 1.06. The number of hydrogen-bond acceptors (Lipinski definition) is 5. The summed E-state index contributed by atoms with van der Waals surface area (Å²) in [7, 11) is 0. The van der Waals surface area contributed by atoms with Crippen molar-refractivity contribution < 1.29 is 0 Å². The maximum atomic E-state index is 6.04. The Balaban J connectivity index is 2.71. The molecule has 2 rings (SSSR count). The largest absolute Gasteiger partial charge is 0.398 e. The van der Waals surface area contributed by atoms with Crippen LogP contribution in [0.4, 0.5) is 11.4 Å². The van der Waals surface area contributed by atoms with Gasteiger partial charge in [-0.3, -0.25) is 0 Å². The summed E-state index contributed by atoms with van der Waals surface area (Å²) >= 11 is 0. The molecule has 4 N–H and O–H groups in total. The highest BCUT2D eigenvalue weighted by molar-refractivity contribution is 5.85. The van der Waals surface area contributed by atoms with E-state index >= 15 is 0 Å². The first-order valence-electron chi connectivity index (χ1n) is 4.88. The number of hydrogen-bond donors (Lipinski definition) is 2. The van der Waals surface area contributed by atoms with Gasteiger partial charge in [-0.1, -0.05) is 0 Å². The van der Waals surface area contributed by atoms with Crippen LogP contribution in [-0.2, 0) is 0 Å². The Hall–Kier alpha value is -2.17. The lowest BCUT2D eigenvalue weighted by Gasteiger charge is -2.12. The van der Waals surface area contributed by atoms with Crippen LogP contribution in [0.25, 0.3) is 11.4 Å². The lowest BCUT2D eigenvalue weighted by Crippen LogP contribution is -2.03. The maximum absolute atomic E-state index is 6.04. The zero-order valence-corrected chi connectivity index (χ0v) is 9.23. The molecule has 82 valence electrons. The van der Waals surface area contributed by atoms with Gasteiger partial charge in [0.2, 0.25) is 0 Å². The van der Waals surface area contributed by atoms with Crippen molar-refractivity contribution in [3.05, 3.63) is 29.8 Å². The van der Waals surface area contributed by atoms with Crippen molar-refractivity contribution in [3.8, 4) is 11.4 Å². The Morgan fingerprint density at radius 3 is 2.31 bits per heavy atom. The van der Waals surface area contributed by atoms with Crippen LogP contribution >= 0.6 is 0 Å². The Morgan fingerprint density at radius 2 is 1.69 bits per heavy atom. The molecule has 16 heavy (non-hydrogen) atoms. The summed E-state index contributed by atoms with van der Waals surface area (Å²) in [4.78, 5) is 11.9. The minimum absolute atomic E-state index is 0.508. The second-order valence-corrected chi connectivity index (χ2v) is 3.66. The van der Waals surface area contributed by atoms with E-state index in [9.17, 15) is 0 Å². The predicted octanol–water partition coefficient (Wildman–Crippen LogP) is 1.32. The van der Waals surface area contributed by atoms with Crippen LogP contribution in [0.15, 0.2) is 18.7 Å². The Kier molecular flexibility index (Phi) is 2.44. The van der Waals surface area contributed by atoms with E-state index in [0.717, 1.165) is 11.1 Å². The van der Waals surface area contributed by atoms with E-state index in [2.05, 4.69) is 15.0 Å². The first kappa shape index (κ1) is 10.4. The highest BCUT2D eigenvalue weighted by Gasteiger charge is 2.13. The van der Waals surface area contributed by atoms with Crippen LogP contribution in [0.5, 0.6) is 0 Å². The Labute approximate surface area is 93.6 Å². The summed E-state index contributed by atoms with van der Waals surface area (Å²) < 4.78 is 0. The summed E-state index contributed by atoms with van der Waals surface area (Å²) in [6.45, 7) is 3.92. The van der Waals surface area contributed by atoms with Gasteiger partial charge in [-0.05, 0) is 31.0 Å². The third-order valence-electron chi connectivity index (χ3n) is 2.64. The fourth-order valence-corrected chi connectivity index (χ4v) is 1.59. The van der Waals surface area contributed by atoms with Gasteiger partial charge in [0.25, 0.3) is 0 Å². The maximum Gasteiger partial charge on any atom is 0.166 e. The number of anilines is 2. The molecule has 0 atom stereocenters. The average molecular weight is 215 g/mol. The zero-order valence-electron chi connectivity index (χ0n) is 9.23. The third kappa shape index (κ3) is 1.56. The van der Waals surface area contributed by atoms with E-state index in [1.54, 1.807) is 0 Å². The topological polar surface area (TPSA) is 90.7 Å². The number of nitrogens with zero attached hydrogens (tertiary/aromatic N) is 3. The molecule has 0 bridgehead atoms. The highest BCUT2D eigenvalue weighted by atomic mass is 15.0. The van der Waals surface area contributed by atoms with Crippen molar-refractivity contribution in [2.75, 3.05) is 11.5 Å². The van der Waals surface area contributed by atoms with E-state index in [1.165, 1.54) is 12.7 Å². The molecular formula is C11H13N5. The minimum atomic E-state index is 0.508. The molecule has 0 amide bonds. The van der Waals surface area contributed by atoms with Gasteiger partial charge in [-0.15, -0.1) is 0 Å². The first-order chi connectivity index (χ1) is 7.61. The number of rotatable bonds is 1. The van der Waals surface area contributed by atoms with Crippen LogP contribution in [0.1, 0.15) is 11.1 Å². The molecule has 5 nitrogen and oxygen atoms in total. The van der Waals surface area contributed by atoms with Crippen molar-refractivity contribution >= 4 is 11.4 Å². The number of aromatic nitrogens is 3. The fourth-order valence-electron chi connectivity index (χ4n) is 1.59. The van der Waals surface area contributed by atoms with Gasteiger partial charge in [0, 0.05) is 11.4 Å². The molecule has 0 fully saturated rings. The van der Waals surface area contributed by atoms with Crippen LogP contribution in [0.2, 0.25) is 0 Å². The summed E-state index contributed by atoms with van der Waals surface area (Å²) in [6.07, 6.45) is 2.85. The Morgan fingerprint density at radius 1 is 1.06 bits per heavy atom. The zero-order chi connectivity index (χ0) is 11.7. The molecule has 0 aliphatic rings. The van der Waals surface area contributed by atoms with Crippen LogP contribution < -0.4 is 11.5 Å². The fraction of sp³-hybridized carbons (Fsp3) is 0.182. The molecular weight excluding hydrogens is 202 g/mol. The number of nitrogen functional groups attached to an aromatic ring is 2. The monoisotopic (exact) mass is 215 g/mol. The summed E-state index contributed by atoms with van der Waals surface area (Å²) in [6, 6.07) is 1.88. The molecule has 1 aromatic heterocycles. The highest BCUT2D eigenvalue weighted by Crippen LogP contribution is 2.33. The standard InChI is InChI=1S/C11H13N5/c1-6-3-8(12)9(10(13)7(6)2)11-15-4-14-5-16-11/h3-5H,12-13H2,1-2H3. The number of nitrogens with two attached hydrogens (primary N) is 2. The second-order valence-electron chi connectivity index (χ2n) is 3.66. The van der Waals surface area contributed by atoms with Crippen LogP contribution in [-0.4, -0.2) is 15.0 Å². The first-order valence-corrected chi connectivity index (χ1v) is 4.88. The van der Waals surface area contributed by atoms with Crippen molar-refractivity contribution in [1.82, 2.24) is 15.0 Å². The molecule has 1 aromatic carbocycles. The van der Waals surface area contributed by atoms with Crippen LogP contribution in [0, 0.1) is 13.8 Å². The Bertz CT molecular complexity index is 522. The molecule has 0 saturated heterocycles. The minimum Gasteiger partial charge on any atom is -0.398 e. The van der Waals surface area contributed by atoms with Gasteiger partial charge in [0.05, 0.1) is 5.56 Å². The van der Waals surface area contributed by atoms with Gasteiger partial charge in [-0.2, -0.15) is 0 Å². The van der Waals surface area contributed by atoms with E-state index in [0.29, 0.717) is 22.8 Å². The molecule has 5 heteroatoms. The number of benzene rings is 1. The molecule has 0 saturated carbocycles. The lowest BCUT2D eigenvalue weighted by atomic mass is 10.0. The molecule has 0 unspecified atom stereocenters. The van der Waals surface area contributed by atoms with Gasteiger partial charge in [-0.25, -0.2) is 15.0 Å². The van der Waals surface area contributed by atoms with Gasteiger partial charge in [0.15, 0.2) is 5.82 Å². The van der Waals surface area contributed by atoms with Crippen molar-refractivity contribution in [1.29, 1.82) is 0 Å². The van der Waals surface area contributed by atoms with Gasteiger partial charge >= 0.3 is 0 Å². The molecule has 2 aromatic rings. The van der Waals surface area contributed by atoms with Gasteiger partial charge < -0.3 is 11.5 Å². The average Bonchev–Trinajstić information content (AvgIpc) is 2.28. The predicted molar refractivity (Wildman–Crippen MR) is 63.6 cm³/mol. The summed E-state index contributed by atoms with van der Waals surface area (Å²) in [5, 5.41) is 0. The summed E-state index contributed by atoms with van der Waals surface area (Å²) in [5.41, 5.74) is 15.9. The SMILES string of the molecule is Cc1cc(N)c(-c2ncncn2)c(N)c1C. The molecule has 0 aliphatic carbocycles. The van der Waals surface area contributed by atoms with E-state index in [4.69, 9.17) is 11.5 Å². The van der Waals surface area contributed by atoms with E-state index < -0.39 is 0 Å². The van der Waals surface area contributed by atoms with Crippen molar-refractivity contribution in [2.24, 2.45) is 0 Å². The normalized spacial score (nSPS) is 10.4. The van der Waals surface area contributed by atoms with Crippen LogP contribution in [0.3, 0.4) is 0 Å². The molecule has 0 spiro atoms. The smallest absolute Gasteiger partial charge is 0.166 e. The molecule has 0 aliphatic heterocycles. The van der Waals surface area contributed by atoms with Gasteiger partial charge in [0.1, 0.15) is 12.7 Å². The van der Waals surface area contributed by atoms with Crippen molar-refractivity contribution in [3.63, 3.8) is 0 Å². The quantitative estimate of drug-likeness (QED) is 0.700. The molecule has 0 radical (unpaired) electrons. The number of aryl methyl sites for hydroxylation is 1. The van der Waals surface area contributed by atoms with E-state index in [1.807, 2.05) is 19.9 Å². The third-order valence-corrected chi connectivity index (χ3v) is 2.64. The summed E-state index contributed by atoms with van der Waals surface area (Å²) in [5.74, 6) is 0.508. The molecule has 1 heterocycles. The second kappa shape index (κ2) is 3.77.